The van der Waals surface area contributed by atoms with Crippen LogP contribution in [0.1, 0.15) is 106 Å². The van der Waals surface area contributed by atoms with Gasteiger partial charge in [-0.3, -0.25) is 0 Å². The molecule has 0 aromatic rings. The maximum Gasteiger partial charge on any atom is 0.201 e. The predicted molar refractivity (Wildman–Crippen MR) is 158 cm³/mol. The van der Waals surface area contributed by atoms with Crippen molar-refractivity contribution >= 4 is 0 Å². The van der Waals surface area contributed by atoms with E-state index in [0.29, 0.717) is 43.1 Å². The molecule has 11 fully saturated rings. The van der Waals surface area contributed by atoms with E-state index < -0.39 is 41.0 Å². The Morgan fingerprint density at radius 1 is 0.578 bits per heavy atom. The minimum Gasteiger partial charge on any atom is -0.352 e. The molecule has 11 rings (SSSR count). The summed E-state index contributed by atoms with van der Waals surface area (Å²) in [5.74, 6) is 1.25. The minimum absolute atomic E-state index is 0.0705. The van der Waals surface area contributed by atoms with Crippen LogP contribution in [0.3, 0.4) is 0 Å². The zero-order valence-electron chi connectivity index (χ0n) is 28.0. The number of hydrogen-bond acceptors (Lipinski definition) is 10. The standard InChI is InChI=1S/C35H54O10/c1-19-7-9-25-21(3)27(38-29-34(25)23(19)11-13-31(5,40-29)42-44-34)15-33(17-36-18-37-33)16-28-22(4)26-10-8-20(2)24-12-14-32(6)41-30(39-28)35(24,26)45-43-32/h19-30H,7-18H2,1-6H3/t19-,20-,21-,22-,23+,24+,25+,26+,27-,28-,29-,30-,31+,32+,34-,35-/m1/s1. The molecule has 9 heterocycles. The third kappa shape index (κ3) is 4.29. The van der Waals surface area contributed by atoms with Gasteiger partial charge in [0.2, 0.25) is 11.6 Å². The van der Waals surface area contributed by atoms with Crippen molar-refractivity contribution in [3.63, 3.8) is 0 Å². The van der Waals surface area contributed by atoms with Gasteiger partial charge in [-0.2, -0.15) is 0 Å². The van der Waals surface area contributed by atoms with Crippen LogP contribution in [0.5, 0.6) is 0 Å². The molecule has 0 aromatic heterocycles. The van der Waals surface area contributed by atoms with Gasteiger partial charge < -0.3 is 28.4 Å². The third-order valence-corrected chi connectivity index (χ3v) is 14.5. The van der Waals surface area contributed by atoms with E-state index >= 15 is 0 Å². The first-order valence-corrected chi connectivity index (χ1v) is 18.1. The van der Waals surface area contributed by atoms with E-state index in [2.05, 4.69) is 27.7 Å². The molecule has 9 saturated heterocycles. The lowest BCUT2D eigenvalue weighted by Gasteiger charge is -2.61. The van der Waals surface area contributed by atoms with E-state index in [1.807, 2.05) is 13.8 Å². The molecule has 0 radical (unpaired) electrons. The van der Waals surface area contributed by atoms with Crippen molar-refractivity contribution in [3.8, 4) is 0 Å². The van der Waals surface area contributed by atoms with Crippen LogP contribution < -0.4 is 0 Å². The van der Waals surface area contributed by atoms with Crippen LogP contribution in [0.15, 0.2) is 0 Å². The highest BCUT2D eigenvalue weighted by atomic mass is 17.3. The molecule has 2 aliphatic carbocycles. The van der Waals surface area contributed by atoms with Crippen molar-refractivity contribution in [1.82, 2.24) is 0 Å². The smallest absolute Gasteiger partial charge is 0.201 e. The summed E-state index contributed by atoms with van der Waals surface area (Å²) in [6.07, 6.45) is 8.58. The first-order chi connectivity index (χ1) is 21.5. The summed E-state index contributed by atoms with van der Waals surface area (Å²) in [5.41, 5.74) is -1.67. The second kappa shape index (κ2) is 10.3. The molecule has 0 unspecified atom stereocenters. The molecule has 2 spiro atoms. The largest absolute Gasteiger partial charge is 0.352 e. The van der Waals surface area contributed by atoms with Crippen LogP contribution >= 0.6 is 0 Å². The first kappa shape index (κ1) is 30.6. The lowest BCUT2D eigenvalue weighted by atomic mass is 9.56. The van der Waals surface area contributed by atoms with Gasteiger partial charge in [-0.25, -0.2) is 19.6 Å². The fraction of sp³-hybridized carbons (Fsp3) is 1.00. The Labute approximate surface area is 267 Å². The monoisotopic (exact) mass is 634 g/mol. The zero-order chi connectivity index (χ0) is 31.0. The van der Waals surface area contributed by atoms with Crippen molar-refractivity contribution in [2.75, 3.05) is 13.4 Å². The lowest BCUT2D eigenvalue weighted by molar-refractivity contribution is -0.572. The van der Waals surface area contributed by atoms with E-state index in [-0.39, 0.29) is 42.7 Å². The van der Waals surface area contributed by atoms with Gasteiger partial charge in [0.05, 0.1) is 24.4 Å². The molecule has 11 aliphatic rings. The van der Waals surface area contributed by atoms with Crippen LogP contribution in [-0.4, -0.2) is 66.6 Å². The lowest BCUT2D eigenvalue weighted by Crippen LogP contribution is -2.71. The normalized spacial score (nSPS) is 61.7. The molecule has 45 heavy (non-hydrogen) atoms. The molecule has 254 valence electrons. The summed E-state index contributed by atoms with van der Waals surface area (Å²) < 4.78 is 40.0. The molecule has 10 heteroatoms. The van der Waals surface area contributed by atoms with Crippen LogP contribution in [0, 0.1) is 47.3 Å². The molecule has 9 aliphatic heterocycles. The summed E-state index contributed by atoms with van der Waals surface area (Å²) in [5, 5.41) is 0. The summed E-state index contributed by atoms with van der Waals surface area (Å²) >= 11 is 0. The summed E-state index contributed by atoms with van der Waals surface area (Å²) in [6, 6.07) is 0. The number of fused-ring (bicyclic) bond motifs is 4. The number of ether oxygens (including phenoxy) is 6. The quantitative estimate of drug-likeness (QED) is 0.343. The third-order valence-electron chi connectivity index (χ3n) is 14.5. The molecule has 2 saturated carbocycles. The van der Waals surface area contributed by atoms with Crippen molar-refractivity contribution in [2.45, 2.75) is 159 Å². The maximum atomic E-state index is 7.03. The van der Waals surface area contributed by atoms with E-state index in [1.54, 1.807) is 0 Å². The fourth-order valence-corrected chi connectivity index (χ4v) is 11.9. The highest BCUT2D eigenvalue weighted by Crippen LogP contribution is 2.63. The van der Waals surface area contributed by atoms with Gasteiger partial charge in [-0.15, -0.1) is 0 Å². The average molecular weight is 635 g/mol. The zero-order valence-corrected chi connectivity index (χ0v) is 28.0. The summed E-state index contributed by atoms with van der Waals surface area (Å²) in [4.78, 5) is 24.9. The van der Waals surface area contributed by atoms with Gasteiger partial charge in [0.1, 0.15) is 6.79 Å². The van der Waals surface area contributed by atoms with Gasteiger partial charge in [0.25, 0.3) is 0 Å². The Balaban J connectivity index is 0.995. The summed E-state index contributed by atoms with van der Waals surface area (Å²) in [6.45, 7) is 14.2. The number of hydrogen-bond donors (Lipinski definition) is 0. The van der Waals surface area contributed by atoms with E-state index in [9.17, 15) is 0 Å². The molecule has 0 aromatic carbocycles. The minimum atomic E-state index is -0.787. The molecule has 0 N–H and O–H groups in total. The highest BCUT2D eigenvalue weighted by molar-refractivity contribution is 5.13. The van der Waals surface area contributed by atoms with Crippen LogP contribution in [0.2, 0.25) is 0 Å². The Kier molecular flexibility index (Phi) is 7.02. The van der Waals surface area contributed by atoms with Gasteiger partial charge in [0.15, 0.2) is 23.8 Å². The molecule has 4 bridgehead atoms. The van der Waals surface area contributed by atoms with Crippen molar-refractivity contribution < 1.29 is 48.0 Å². The fourth-order valence-electron chi connectivity index (χ4n) is 11.9. The van der Waals surface area contributed by atoms with E-state index in [4.69, 9.17) is 48.0 Å². The molecule has 0 amide bonds. The maximum absolute atomic E-state index is 7.03. The highest BCUT2D eigenvalue weighted by Gasteiger charge is 2.71. The van der Waals surface area contributed by atoms with Crippen molar-refractivity contribution in [2.24, 2.45) is 47.3 Å². The summed E-state index contributed by atoms with van der Waals surface area (Å²) in [7, 11) is 0. The van der Waals surface area contributed by atoms with E-state index in [1.165, 1.54) is 12.8 Å². The Hall–Kier alpha value is -0.400. The van der Waals surface area contributed by atoms with E-state index in [0.717, 1.165) is 38.5 Å². The second-order valence-corrected chi connectivity index (χ2v) is 17.1. The molecule has 10 nitrogen and oxygen atoms in total. The van der Waals surface area contributed by atoms with Gasteiger partial charge in [-0.1, -0.05) is 27.7 Å². The van der Waals surface area contributed by atoms with Crippen LogP contribution in [-0.2, 0) is 48.0 Å². The Morgan fingerprint density at radius 3 is 1.51 bits per heavy atom. The van der Waals surface area contributed by atoms with Gasteiger partial charge >= 0.3 is 0 Å². The SMILES string of the molecule is C[C@H]1[C@@H](CC2(C[C@H]3O[C@@H]4O[C@]5(C)CC[C@H]6[C@H](C)CC[C@@H]([C@H]3C)[C@@]46OO5)COCO2)O[C@@H]2O[C@]3(C)CC[C@H]4[C@H](C)CC[C@@H]1[C@@]24OO3. The average Bonchev–Trinajstić information content (AvgIpc) is 3.16. The van der Waals surface area contributed by atoms with Gasteiger partial charge in [-0.05, 0) is 87.9 Å². The first-order valence-electron chi connectivity index (χ1n) is 18.1. The van der Waals surface area contributed by atoms with Gasteiger partial charge in [0, 0.05) is 37.5 Å². The number of rotatable bonds is 4. The molecule has 16 atom stereocenters. The Morgan fingerprint density at radius 2 is 1.07 bits per heavy atom. The molecular weight excluding hydrogens is 580 g/mol. The topological polar surface area (TPSA) is 92.3 Å². The van der Waals surface area contributed by atoms with Crippen LogP contribution in [0.25, 0.3) is 0 Å². The predicted octanol–water partition coefficient (Wildman–Crippen LogP) is 6.01. The molecular formula is C35H54O10. The van der Waals surface area contributed by atoms with Crippen molar-refractivity contribution in [1.29, 1.82) is 0 Å². The van der Waals surface area contributed by atoms with Crippen molar-refractivity contribution in [3.05, 3.63) is 0 Å². The second-order valence-electron chi connectivity index (χ2n) is 17.1. The van der Waals surface area contributed by atoms with Crippen LogP contribution in [0.4, 0.5) is 0 Å². The Bertz CT molecular complexity index is 1080.